The quantitative estimate of drug-likeness (QED) is 0.808. The molecule has 0 saturated heterocycles. The number of carbonyl (C=O) groups is 1. The third kappa shape index (κ3) is 2.29. The predicted molar refractivity (Wildman–Crippen MR) is 93.3 cm³/mol. The first kappa shape index (κ1) is 14.3. The van der Waals surface area contributed by atoms with E-state index < -0.39 is 0 Å². The van der Waals surface area contributed by atoms with Crippen molar-refractivity contribution in [3.63, 3.8) is 0 Å². The van der Waals surface area contributed by atoms with E-state index in [1.807, 2.05) is 30.6 Å². The first-order valence-corrected chi connectivity index (χ1v) is 8.22. The molecule has 1 fully saturated rings. The Balaban J connectivity index is 1.54. The standard InChI is InChI=1S/C21H21NO/c1-21(2)18-14-19(21)20(23)13-16(18)8-5-15-6-9-17(10-7-15)22-11-3-4-12-22/h3-13,18-19H,14H2,1-2H3/b8-5+/t18-,19-/m1/s1. The maximum absolute atomic E-state index is 12.1. The minimum atomic E-state index is 0.129. The second kappa shape index (κ2) is 5.09. The molecule has 5 rings (SSSR count). The summed E-state index contributed by atoms with van der Waals surface area (Å²) in [6.45, 7) is 4.44. The molecule has 2 atom stereocenters. The van der Waals surface area contributed by atoms with Crippen molar-refractivity contribution < 1.29 is 4.79 Å². The number of nitrogens with zero attached hydrogens (tertiary/aromatic N) is 1. The van der Waals surface area contributed by atoms with Gasteiger partial charge in [-0.2, -0.15) is 0 Å². The first-order chi connectivity index (χ1) is 11.1. The van der Waals surface area contributed by atoms with Gasteiger partial charge in [0.15, 0.2) is 5.78 Å². The zero-order chi connectivity index (χ0) is 16.0. The summed E-state index contributed by atoms with van der Waals surface area (Å²) in [6.07, 6.45) is 11.2. The van der Waals surface area contributed by atoms with Crippen LogP contribution < -0.4 is 0 Å². The van der Waals surface area contributed by atoms with E-state index in [1.165, 1.54) is 5.57 Å². The van der Waals surface area contributed by atoms with Crippen molar-refractivity contribution in [2.75, 3.05) is 0 Å². The number of fused-ring (bicyclic) bond motifs is 1. The highest BCUT2D eigenvalue weighted by Gasteiger charge is 2.54. The van der Waals surface area contributed by atoms with E-state index in [4.69, 9.17) is 0 Å². The lowest BCUT2D eigenvalue weighted by Crippen LogP contribution is -2.52. The molecule has 0 N–H and O–H groups in total. The van der Waals surface area contributed by atoms with Crippen molar-refractivity contribution in [2.45, 2.75) is 20.3 Å². The highest BCUT2D eigenvalue weighted by Crippen LogP contribution is 2.58. The first-order valence-electron chi connectivity index (χ1n) is 8.22. The minimum absolute atomic E-state index is 0.129. The fourth-order valence-corrected chi connectivity index (χ4v) is 3.96. The van der Waals surface area contributed by atoms with Gasteiger partial charge in [-0.15, -0.1) is 0 Å². The number of carbonyl (C=O) groups excluding carboxylic acids is 1. The number of ketones is 1. The third-order valence-corrected chi connectivity index (χ3v) is 5.59. The molecule has 1 aromatic carbocycles. The predicted octanol–water partition coefficient (Wildman–Crippen LogP) is 4.66. The van der Waals surface area contributed by atoms with Crippen molar-refractivity contribution in [1.29, 1.82) is 0 Å². The Morgan fingerprint density at radius 1 is 1.04 bits per heavy atom. The topological polar surface area (TPSA) is 22.0 Å². The maximum atomic E-state index is 12.1. The van der Waals surface area contributed by atoms with E-state index in [0.717, 1.165) is 17.7 Å². The lowest BCUT2D eigenvalue weighted by atomic mass is 9.48. The molecule has 2 aromatic rings. The molecule has 2 heteroatoms. The number of rotatable bonds is 3. The van der Waals surface area contributed by atoms with Crippen LogP contribution in [0.15, 0.2) is 66.5 Å². The van der Waals surface area contributed by atoms with Crippen LogP contribution in [0.5, 0.6) is 0 Å². The lowest BCUT2D eigenvalue weighted by Gasteiger charge is -2.54. The fraction of sp³-hybridized carbons (Fsp3) is 0.286. The normalized spacial score (nSPS) is 25.3. The molecular formula is C21H21NO. The van der Waals surface area contributed by atoms with Crippen LogP contribution in [0.1, 0.15) is 25.8 Å². The monoisotopic (exact) mass is 303 g/mol. The Morgan fingerprint density at radius 3 is 2.35 bits per heavy atom. The summed E-state index contributed by atoms with van der Waals surface area (Å²) in [7, 11) is 0. The Labute approximate surface area is 137 Å². The molecule has 0 radical (unpaired) electrons. The van der Waals surface area contributed by atoms with Crippen molar-refractivity contribution in [2.24, 2.45) is 17.3 Å². The molecule has 0 aliphatic heterocycles. The highest BCUT2D eigenvalue weighted by atomic mass is 16.1. The second-order valence-corrected chi connectivity index (χ2v) is 7.22. The maximum Gasteiger partial charge on any atom is 0.159 e. The summed E-state index contributed by atoms with van der Waals surface area (Å²) in [4.78, 5) is 12.1. The third-order valence-electron chi connectivity index (χ3n) is 5.59. The van der Waals surface area contributed by atoms with E-state index >= 15 is 0 Å². The molecule has 3 aliphatic carbocycles. The van der Waals surface area contributed by atoms with E-state index in [1.54, 1.807) is 0 Å². The van der Waals surface area contributed by atoms with Crippen molar-refractivity contribution in [1.82, 2.24) is 4.57 Å². The van der Waals surface area contributed by atoms with Gasteiger partial charge < -0.3 is 4.57 Å². The summed E-state index contributed by atoms with van der Waals surface area (Å²) in [6, 6.07) is 12.5. The van der Waals surface area contributed by atoms with Gasteiger partial charge in [0.05, 0.1) is 0 Å². The SMILES string of the molecule is CC1(C)[C@@H]2C[C@@H]1C(/C=C/c1ccc(-n3cccc3)cc1)=CC2=O. The van der Waals surface area contributed by atoms with Crippen LogP contribution in [-0.4, -0.2) is 10.4 Å². The van der Waals surface area contributed by atoms with Gasteiger partial charge in [-0.3, -0.25) is 4.79 Å². The summed E-state index contributed by atoms with van der Waals surface area (Å²) >= 11 is 0. The summed E-state index contributed by atoms with van der Waals surface area (Å²) in [5, 5.41) is 0. The Morgan fingerprint density at radius 2 is 1.74 bits per heavy atom. The largest absolute Gasteiger partial charge is 0.324 e. The minimum Gasteiger partial charge on any atom is -0.324 e. The van der Waals surface area contributed by atoms with Crippen LogP contribution >= 0.6 is 0 Å². The molecule has 3 aliphatic rings. The number of allylic oxidation sites excluding steroid dienone is 3. The van der Waals surface area contributed by atoms with Crippen molar-refractivity contribution in [3.8, 4) is 5.69 Å². The van der Waals surface area contributed by atoms with Gasteiger partial charge >= 0.3 is 0 Å². The molecule has 23 heavy (non-hydrogen) atoms. The molecule has 0 spiro atoms. The smallest absolute Gasteiger partial charge is 0.159 e. The van der Waals surface area contributed by atoms with Crippen LogP contribution in [0.25, 0.3) is 11.8 Å². The number of hydrogen-bond acceptors (Lipinski definition) is 1. The molecule has 0 unspecified atom stereocenters. The highest BCUT2D eigenvalue weighted by molar-refractivity contribution is 5.96. The van der Waals surface area contributed by atoms with Crippen LogP contribution in [0.3, 0.4) is 0 Å². The zero-order valence-corrected chi connectivity index (χ0v) is 13.6. The molecule has 2 nitrogen and oxygen atoms in total. The van der Waals surface area contributed by atoms with Gasteiger partial charge in [0.2, 0.25) is 0 Å². The summed E-state index contributed by atoms with van der Waals surface area (Å²) in [5.41, 5.74) is 3.64. The molecule has 116 valence electrons. The van der Waals surface area contributed by atoms with Crippen molar-refractivity contribution >= 4 is 11.9 Å². The van der Waals surface area contributed by atoms with Crippen LogP contribution in [0, 0.1) is 17.3 Å². The van der Waals surface area contributed by atoms with Gasteiger partial charge in [0.25, 0.3) is 0 Å². The van der Waals surface area contributed by atoms with Gasteiger partial charge in [0.1, 0.15) is 0 Å². The lowest BCUT2D eigenvalue weighted by molar-refractivity contribution is -0.133. The van der Waals surface area contributed by atoms with E-state index in [-0.39, 0.29) is 11.3 Å². The zero-order valence-electron chi connectivity index (χ0n) is 13.6. The van der Waals surface area contributed by atoms with E-state index in [0.29, 0.717) is 11.7 Å². The van der Waals surface area contributed by atoms with Gasteiger partial charge in [0, 0.05) is 24.0 Å². The van der Waals surface area contributed by atoms with Gasteiger partial charge in [-0.25, -0.2) is 0 Å². The van der Waals surface area contributed by atoms with Crippen LogP contribution in [-0.2, 0) is 4.79 Å². The van der Waals surface area contributed by atoms with Crippen LogP contribution in [0.2, 0.25) is 0 Å². The molecule has 0 amide bonds. The van der Waals surface area contributed by atoms with Crippen molar-refractivity contribution in [3.05, 3.63) is 72.1 Å². The fourth-order valence-electron chi connectivity index (χ4n) is 3.96. The van der Waals surface area contributed by atoms with Gasteiger partial charge in [-0.1, -0.05) is 38.1 Å². The Bertz CT molecular complexity index is 791. The number of hydrogen-bond donors (Lipinski definition) is 0. The average Bonchev–Trinajstić information content (AvgIpc) is 3.07. The number of aromatic nitrogens is 1. The molecule has 1 heterocycles. The molecule has 1 saturated carbocycles. The average molecular weight is 303 g/mol. The number of benzene rings is 1. The Kier molecular flexibility index (Phi) is 3.15. The molecule has 1 aromatic heterocycles. The Hall–Kier alpha value is -2.35. The van der Waals surface area contributed by atoms with Crippen LogP contribution in [0.4, 0.5) is 0 Å². The summed E-state index contributed by atoms with van der Waals surface area (Å²) < 4.78 is 2.09. The molecular weight excluding hydrogens is 282 g/mol. The summed E-state index contributed by atoms with van der Waals surface area (Å²) in [5.74, 6) is 1.08. The van der Waals surface area contributed by atoms with Gasteiger partial charge in [-0.05, 0) is 59.2 Å². The van der Waals surface area contributed by atoms with E-state index in [9.17, 15) is 4.79 Å². The molecule has 2 bridgehead atoms. The van der Waals surface area contributed by atoms with E-state index in [2.05, 4.69) is 54.8 Å². The second-order valence-electron chi connectivity index (χ2n) is 7.22.